The van der Waals surface area contributed by atoms with Crippen LogP contribution < -0.4 is 0 Å². The maximum atomic E-state index is 15.1. The first kappa shape index (κ1) is 22.0. The number of likely N-dealkylation sites (tertiary alicyclic amines) is 1. The molecule has 0 spiro atoms. The fraction of sp³-hybridized carbons (Fsp3) is 0.241. The highest BCUT2D eigenvalue weighted by Gasteiger charge is 2.49. The van der Waals surface area contributed by atoms with Gasteiger partial charge in [0, 0.05) is 41.5 Å². The van der Waals surface area contributed by atoms with Gasteiger partial charge in [-0.1, -0.05) is 30.3 Å². The fourth-order valence-corrected chi connectivity index (χ4v) is 5.60. The molecule has 1 saturated carbocycles. The second kappa shape index (κ2) is 8.16. The monoisotopic (exact) mass is 495 g/mol. The Balaban J connectivity index is 1.27. The minimum Gasteiger partial charge on any atom is -0.336 e. The zero-order chi connectivity index (χ0) is 25.1. The van der Waals surface area contributed by atoms with Gasteiger partial charge in [-0.15, -0.1) is 0 Å². The van der Waals surface area contributed by atoms with Crippen LogP contribution in [0.3, 0.4) is 0 Å². The molecule has 0 bridgehead atoms. The van der Waals surface area contributed by atoms with Crippen LogP contribution in [0.4, 0.5) is 8.78 Å². The maximum Gasteiger partial charge on any atom is 0.256 e. The minimum absolute atomic E-state index is 0.0119. The van der Waals surface area contributed by atoms with Crippen LogP contribution in [0.1, 0.15) is 40.9 Å². The maximum absolute atomic E-state index is 15.1. The van der Waals surface area contributed by atoms with E-state index in [-0.39, 0.29) is 17.5 Å². The summed E-state index contributed by atoms with van der Waals surface area (Å²) in [5.74, 6) is -0.536. The van der Waals surface area contributed by atoms with Gasteiger partial charge in [-0.2, -0.15) is 0 Å². The van der Waals surface area contributed by atoms with E-state index >= 15 is 4.39 Å². The third-order valence-electron chi connectivity index (χ3n) is 7.70. The Bertz CT molecular complexity index is 1690. The summed E-state index contributed by atoms with van der Waals surface area (Å²) in [5.41, 5.74) is 4.24. The number of carbonyl (C=O) groups is 1. The lowest BCUT2D eigenvalue weighted by atomic mass is 9.90. The van der Waals surface area contributed by atoms with Gasteiger partial charge in [-0.25, -0.2) is 18.7 Å². The first-order valence-corrected chi connectivity index (χ1v) is 12.4. The van der Waals surface area contributed by atoms with E-state index in [4.69, 9.17) is 0 Å². The quantitative estimate of drug-likeness (QED) is 0.337. The molecule has 0 N–H and O–H groups in total. The van der Waals surface area contributed by atoms with Crippen molar-refractivity contribution in [2.75, 3.05) is 13.1 Å². The summed E-state index contributed by atoms with van der Waals surface area (Å²) < 4.78 is 30.6. The standard InChI is InChI=1S/C29H23F2N5O/c30-21-8-12-35(17-21)27(37)22-7-6-19(13-24(22)31)20-14-33-28-34-15-25(36(28)16-20)29(9-10-29)23-5-1-3-18-4-2-11-32-26(18)23/h1-7,11,13-16,21H,8-10,12,17H2/t21-/m0/s1. The molecule has 5 aromatic rings. The van der Waals surface area contributed by atoms with Crippen molar-refractivity contribution >= 4 is 22.6 Å². The van der Waals surface area contributed by atoms with Crippen molar-refractivity contribution in [3.63, 3.8) is 0 Å². The number of carbonyl (C=O) groups excluding carboxylic acids is 1. The Morgan fingerprint density at radius 1 is 1.00 bits per heavy atom. The van der Waals surface area contributed by atoms with Gasteiger partial charge < -0.3 is 4.90 Å². The first-order valence-electron chi connectivity index (χ1n) is 12.4. The Morgan fingerprint density at radius 3 is 2.62 bits per heavy atom. The Morgan fingerprint density at radius 2 is 1.84 bits per heavy atom. The van der Waals surface area contributed by atoms with E-state index in [9.17, 15) is 9.18 Å². The van der Waals surface area contributed by atoms with Crippen molar-refractivity contribution in [2.24, 2.45) is 0 Å². The summed E-state index contributed by atoms with van der Waals surface area (Å²) in [4.78, 5) is 27.8. The zero-order valence-electron chi connectivity index (χ0n) is 19.9. The molecular weight excluding hydrogens is 472 g/mol. The lowest BCUT2D eigenvalue weighted by Crippen LogP contribution is -2.29. The van der Waals surface area contributed by atoms with E-state index in [0.29, 0.717) is 29.9 Å². The molecule has 184 valence electrons. The van der Waals surface area contributed by atoms with Crippen LogP contribution in [0.5, 0.6) is 0 Å². The molecule has 2 aromatic carbocycles. The van der Waals surface area contributed by atoms with E-state index in [1.807, 2.05) is 29.1 Å². The molecule has 2 fully saturated rings. The molecule has 37 heavy (non-hydrogen) atoms. The molecule has 8 heteroatoms. The van der Waals surface area contributed by atoms with Crippen LogP contribution in [-0.4, -0.2) is 49.4 Å². The summed E-state index contributed by atoms with van der Waals surface area (Å²) in [5, 5.41) is 1.10. The lowest BCUT2D eigenvalue weighted by molar-refractivity contribution is 0.0778. The van der Waals surface area contributed by atoms with Crippen molar-refractivity contribution < 1.29 is 13.6 Å². The van der Waals surface area contributed by atoms with Crippen molar-refractivity contribution in [1.29, 1.82) is 0 Å². The summed E-state index contributed by atoms with van der Waals surface area (Å²) in [7, 11) is 0. The molecule has 6 nitrogen and oxygen atoms in total. The number of rotatable bonds is 4. The van der Waals surface area contributed by atoms with Crippen molar-refractivity contribution in [1.82, 2.24) is 24.3 Å². The second-order valence-corrected chi connectivity index (χ2v) is 9.95. The number of halogens is 2. The molecule has 1 aliphatic carbocycles. The highest BCUT2D eigenvalue weighted by atomic mass is 19.1. The van der Waals surface area contributed by atoms with Gasteiger partial charge >= 0.3 is 0 Å². The van der Waals surface area contributed by atoms with Crippen LogP contribution in [0.15, 0.2) is 73.3 Å². The predicted octanol–water partition coefficient (Wildman–Crippen LogP) is 5.35. The molecule has 4 heterocycles. The van der Waals surface area contributed by atoms with Crippen LogP contribution in [-0.2, 0) is 5.41 Å². The number of amides is 1. The van der Waals surface area contributed by atoms with Gasteiger partial charge in [0.1, 0.15) is 12.0 Å². The SMILES string of the molecule is O=C(c1ccc(-c2cnc3ncc(C4(c5cccc6cccnc56)CC4)n3c2)cc1F)N1CC[C@H](F)C1. The number of benzene rings is 2. The summed E-state index contributed by atoms with van der Waals surface area (Å²) in [6.07, 6.45) is 8.47. The Labute approximate surface area is 211 Å². The average molecular weight is 496 g/mol. The number of nitrogens with zero attached hydrogens (tertiary/aromatic N) is 5. The highest BCUT2D eigenvalue weighted by Crippen LogP contribution is 2.54. The lowest BCUT2D eigenvalue weighted by Gasteiger charge is -2.18. The number of para-hydroxylation sites is 1. The van der Waals surface area contributed by atoms with Gasteiger partial charge in [0.15, 0.2) is 0 Å². The van der Waals surface area contributed by atoms with Crippen molar-refractivity contribution in [2.45, 2.75) is 30.8 Å². The van der Waals surface area contributed by atoms with Crippen LogP contribution >= 0.6 is 0 Å². The highest BCUT2D eigenvalue weighted by molar-refractivity contribution is 5.95. The van der Waals surface area contributed by atoms with Crippen molar-refractivity contribution in [3.8, 4) is 11.1 Å². The Kier molecular flexibility index (Phi) is 4.86. The van der Waals surface area contributed by atoms with Crippen molar-refractivity contribution in [3.05, 3.63) is 96.0 Å². The summed E-state index contributed by atoms with van der Waals surface area (Å²) >= 11 is 0. The van der Waals surface area contributed by atoms with Gasteiger partial charge in [0.05, 0.1) is 29.5 Å². The van der Waals surface area contributed by atoms with Crippen LogP contribution in [0.25, 0.3) is 27.8 Å². The van der Waals surface area contributed by atoms with Gasteiger partial charge in [0.25, 0.3) is 5.91 Å². The number of pyridine rings is 1. The number of hydrogen-bond donors (Lipinski definition) is 0. The molecule has 2 aliphatic rings. The van der Waals surface area contributed by atoms with E-state index in [1.165, 1.54) is 22.6 Å². The van der Waals surface area contributed by atoms with Crippen LogP contribution in [0, 0.1) is 5.82 Å². The molecule has 7 rings (SSSR count). The molecule has 1 amide bonds. The fourth-order valence-electron chi connectivity index (χ4n) is 5.60. The molecule has 0 radical (unpaired) electrons. The number of hydrogen-bond acceptors (Lipinski definition) is 4. The smallest absolute Gasteiger partial charge is 0.256 e. The Hall–Kier alpha value is -4.20. The van der Waals surface area contributed by atoms with Gasteiger partial charge in [0.2, 0.25) is 5.78 Å². The summed E-state index contributed by atoms with van der Waals surface area (Å²) in [6.45, 7) is 0.317. The third-order valence-corrected chi connectivity index (χ3v) is 7.70. The van der Waals surface area contributed by atoms with Gasteiger partial charge in [-0.3, -0.25) is 14.2 Å². The largest absolute Gasteiger partial charge is 0.336 e. The third kappa shape index (κ3) is 3.50. The molecule has 1 saturated heterocycles. The summed E-state index contributed by atoms with van der Waals surface area (Å²) in [6, 6.07) is 14.8. The number of imidazole rings is 1. The molecule has 1 atom stereocenters. The van der Waals surface area contributed by atoms with Gasteiger partial charge in [-0.05, 0) is 48.6 Å². The number of alkyl halides is 1. The van der Waals surface area contributed by atoms with E-state index < -0.39 is 17.9 Å². The molecule has 1 aliphatic heterocycles. The molecule has 3 aromatic heterocycles. The van der Waals surface area contributed by atoms with E-state index in [1.54, 1.807) is 12.3 Å². The van der Waals surface area contributed by atoms with Crippen LogP contribution in [0.2, 0.25) is 0 Å². The number of fused-ring (bicyclic) bond motifs is 2. The van der Waals surface area contributed by atoms with E-state index in [2.05, 4.69) is 39.2 Å². The first-order chi connectivity index (χ1) is 18.0. The average Bonchev–Trinajstić information content (AvgIpc) is 3.41. The topological polar surface area (TPSA) is 63.4 Å². The zero-order valence-corrected chi connectivity index (χ0v) is 19.9. The number of aromatic nitrogens is 4. The normalized spacial score (nSPS) is 18.5. The molecule has 0 unspecified atom stereocenters. The second-order valence-electron chi connectivity index (χ2n) is 9.95. The predicted molar refractivity (Wildman–Crippen MR) is 136 cm³/mol. The van der Waals surface area contributed by atoms with E-state index in [0.717, 1.165) is 29.4 Å². The minimum atomic E-state index is -1.05. The molecular formula is C29H23F2N5O.